The summed E-state index contributed by atoms with van der Waals surface area (Å²) in [5.74, 6) is 2.00. The van der Waals surface area contributed by atoms with Crippen LogP contribution in [-0.4, -0.2) is 24.2 Å². The van der Waals surface area contributed by atoms with Gasteiger partial charge in [0.25, 0.3) is 5.56 Å². The van der Waals surface area contributed by atoms with Gasteiger partial charge in [-0.2, -0.15) is 0 Å². The number of nitrogens with zero attached hydrogens (tertiary/aromatic N) is 1. The Morgan fingerprint density at radius 2 is 1.95 bits per heavy atom. The van der Waals surface area contributed by atoms with Crippen LogP contribution < -0.4 is 20.8 Å². The molecule has 0 spiro atoms. The number of H-pyrrole nitrogens is 1. The van der Waals surface area contributed by atoms with E-state index in [1.165, 1.54) is 6.07 Å². The van der Waals surface area contributed by atoms with Crippen LogP contribution in [0.3, 0.4) is 0 Å². The molecule has 0 atom stereocenters. The molecule has 1 aromatic heterocycles. The lowest BCUT2D eigenvalue weighted by Crippen LogP contribution is -2.12. The predicted molar refractivity (Wildman–Crippen MR) is 71.6 cm³/mol. The van der Waals surface area contributed by atoms with Crippen molar-refractivity contribution >= 4 is 5.82 Å². The summed E-state index contributed by atoms with van der Waals surface area (Å²) >= 11 is 0. The number of nitrogen functional groups attached to an aromatic ring is 1. The molecule has 0 saturated heterocycles. The van der Waals surface area contributed by atoms with Crippen molar-refractivity contribution in [3.05, 3.63) is 46.0 Å². The summed E-state index contributed by atoms with van der Waals surface area (Å²) in [5, 5.41) is 0. The Labute approximate surface area is 110 Å². The molecule has 0 amide bonds. The summed E-state index contributed by atoms with van der Waals surface area (Å²) in [6, 6.07) is 6.77. The zero-order valence-corrected chi connectivity index (χ0v) is 10.8. The summed E-state index contributed by atoms with van der Waals surface area (Å²) < 4.78 is 10.4. The first kappa shape index (κ1) is 12.9. The minimum Gasteiger partial charge on any atom is -0.493 e. The number of ether oxygens (including phenoxy) is 2. The first-order valence-corrected chi connectivity index (χ1v) is 5.69. The van der Waals surface area contributed by atoms with Crippen LogP contribution in [0.2, 0.25) is 0 Å². The van der Waals surface area contributed by atoms with E-state index >= 15 is 0 Å². The van der Waals surface area contributed by atoms with Gasteiger partial charge in [0.15, 0.2) is 11.5 Å². The molecule has 19 heavy (non-hydrogen) atoms. The number of methoxy groups -OCH3 is 2. The molecule has 0 unspecified atom stereocenters. The minimum atomic E-state index is -0.261. The molecule has 0 aliphatic rings. The highest BCUT2D eigenvalue weighted by molar-refractivity contribution is 5.43. The second-order valence-electron chi connectivity index (χ2n) is 3.98. The largest absolute Gasteiger partial charge is 0.493 e. The molecular weight excluding hydrogens is 246 g/mol. The van der Waals surface area contributed by atoms with Crippen molar-refractivity contribution in [2.45, 2.75) is 6.42 Å². The molecule has 1 aromatic carbocycles. The number of nitrogens with two attached hydrogens (primary N) is 1. The van der Waals surface area contributed by atoms with Crippen molar-refractivity contribution in [2.24, 2.45) is 0 Å². The Kier molecular flexibility index (Phi) is 3.70. The molecule has 3 N–H and O–H groups in total. The normalized spacial score (nSPS) is 10.2. The molecule has 0 radical (unpaired) electrons. The first-order valence-electron chi connectivity index (χ1n) is 5.69. The number of benzene rings is 1. The zero-order valence-electron chi connectivity index (χ0n) is 10.8. The number of rotatable bonds is 4. The van der Waals surface area contributed by atoms with Gasteiger partial charge in [0.2, 0.25) is 0 Å². The molecule has 0 bridgehead atoms. The predicted octanol–water partition coefficient (Wildman–Crippen LogP) is 0.960. The van der Waals surface area contributed by atoms with Gasteiger partial charge in [-0.05, 0) is 17.7 Å². The maximum atomic E-state index is 11.3. The van der Waals surface area contributed by atoms with Crippen molar-refractivity contribution in [1.29, 1.82) is 0 Å². The highest BCUT2D eigenvalue weighted by atomic mass is 16.5. The van der Waals surface area contributed by atoms with Gasteiger partial charge in [0.05, 0.1) is 14.2 Å². The van der Waals surface area contributed by atoms with E-state index in [4.69, 9.17) is 15.2 Å². The van der Waals surface area contributed by atoms with Gasteiger partial charge >= 0.3 is 0 Å². The lowest BCUT2D eigenvalue weighted by molar-refractivity contribution is 0.354. The van der Waals surface area contributed by atoms with E-state index in [1.807, 2.05) is 12.1 Å². The summed E-state index contributed by atoms with van der Waals surface area (Å²) in [6.45, 7) is 0. The lowest BCUT2D eigenvalue weighted by atomic mass is 10.1. The second kappa shape index (κ2) is 5.43. The highest BCUT2D eigenvalue weighted by Crippen LogP contribution is 2.28. The number of aromatic amines is 1. The first-order chi connectivity index (χ1) is 9.12. The fraction of sp³-hybridized carbons (Fsp3) is 0.231. The SMILES string of the molecule is COc1ccc(Cc2nc(N)cc(=O)[nH]2)cc1OC. The molecule has 0 aliphatic carbocycles. The zero-order chi connectivity index (χ0) is 13.8. The molecule has 0 fully saturated rings. The fourth-order valence-electron chi connectivity index (χ4n) is 1.80. The Bertz CT molecular complexity index is 637. The quantitative estimate of drug-likeness (QED) is 0.855. The van der Waals surface area contributed by atoms with Gasteiger partial charge in [-0.1, -0.05) is 6.07 Å². The van der Waals surface area contributed by atoms with Gasteiger partial charge in [0, 0.05) is 12.5 Å². The van der Waals surface area contributed by atoms with Crippen LogP contribution in [0.5, 0.6) is 11.5 Å². The van der Waals surface area contributed by atoms with E-state index in [2.05, 4.69) is 9.97 Å². The van der Waals surface area contributed by atoms with E-state index in [9.17, 15) is 4.79 Å². The van der Waals surface area contributed by atoms with Gasteiger partial charge in [-0.15, -0.1) is 0 Å². The van der Waals surface area contributed by atoms with Crippen LogP contribution in [0.25, 0.3) is 0 Å². The molecule has 0 saturated carbocycles. The molecule has 2 rings (SSSR count). The standard InChI is InChI=1S/C13H15N3O3/c1-18-9-4-3-8(5-10(9)19-2)6-12-15-11(14)7-13(17)16-12/h3-5,7H,6H2,1-2H3,(H3,14,15,16,17). The second-order valence-corrected chi connectivity index (χ2v) is 3.98. The van der Waals surface area contributed by atoms with Crippen molar-refractivity contribution in [2.75, 3.05) is 20.0 Å². The van der Waals surface area contributed by atoms with E-state index in [1.54, 1.807) is 20.3 Å². The molecule has 1 heterocycles. The maximum Gasteiger partial charge on any atom is 0.252 e. The summed E-state index contributed by atoms with van der Waals surface area (Å²) in [7, 11) is 3.15. The van der Waals surface area contributed by atoms with Gasteiger partial charge in [-0.25, -0.2) is 4.98 Å². The lowest BCUT2D eigenvalue weighted by Gasteiger charge is -2.09. The minimum absolute atomic E-state index is 0.208. The van der Waals surface area contributed by atoms with Crippen LogP contribution in [0.1, 0.15) is 11.4 Å². The Balaban J connectivity index is 2.30. The van der Waals surface area contributed by atoms with Gasteiger partial charge < -0.3 is 20.2 Å². The molecule has 2 aromatic rings. The van der Waals surface area contributed by atoms with E-state index in [-0.39, 0.29) is 11.4 Å². The molecular formula is C13H15N3O3. The van der Waals surface area contributed by atoms with E-state index in [0.717, 1.165) is 5.56 Å². The van der Waals surface area contributed by atoms with Crippen molar-refractivity contribution in [1.82, 2.24) is 9.97 Å². The smallest absolute Gasteiger partial charge is 0.252 e. The Morgan fingerprint density at radius 3 is 2.58 bits per heavy atom. The van der Waals surface area contributed by atoms with Crippen LogP contribution in [-0.2, 0) is 6.42 Å². The van der Waals surface area contributed by atoms with E-state index < -0.39 is 0 Å². The summed E-state index contributed by atoms with van der Waals surface area (Å²) in [5.41, 5.74) is 6.21. The van der Waals surface area contributed by atoms with Crippen LogP contribution >= 0.6 is 0 Å². The average Bonchev–Trinajstić information content (AvgIpc) is 2.37. The number of hydrogen-bond donors (Lipinski definition) is 2. The monoisotopic (exact) mass is 261 g/mol. The third kappa shape index (κ3) is 3.04. The van der Waals surface area contributed by atoms with Crippen LogP contribution in [0.15, 0.2) is 29.1 Å². The maximum absolute atomic E-state index is 11.3. The van der Waals surface area contributed by atoms with Crippen molar-refractivity contribution in [3.63, 3.8) is 0 Å². The summed E-state index contributed by atoms with van der Waals surface area (Å²) in [6.07, 6.45) is 0.459. The third-order valence-corrected chi connectivity index (χ3v) is 2.63. The average molecular weight is 261 g/mol. The molecule has 0 aliphatic heterocycles. The molecule has 6 heteroatoms. The van der Waals surface area contributed by atoms with Crippen LogP contribution in [0, 0.1) is 0 Å². The Hall–Kier alpha value is -2.50. The summed E-state index contributed by atoms with van der Waals surface area (Å²) in [4.78, 5) is 18.0. The molecule has 6 nitrogen and oxygen atoms in total. The fourth-order valence-corrected chi connectivity index (χ4v) is 1.80. The number of anilines is 1. The Morgan fingerprint density at radius 1 is 1.21 bits per heavy atom. The van der Waals surface area contributed by atoms with Gasteiger partial charge in [-0.3, -0.25) is 4.79 Å². The van der Waals surface area contributed by atoms with E-state index in [0.29, 0.717) is 23.7 Å². The third-order valence-electron chi connectivity index (χ3n) is 2.63. The topological polar surface area (TPSA) is 90.2 Å². The van der Waals surface area contributed by atoms with Crippen molar-refractivity contribution in [3.8, 4) is 11.5 Å². The highest BCUT2D eigenvalue weighted by Gasteiger charge is 2.06. The van der Waals surface area contributed by atoms with Crippen molar-refractivity contribution < 1.29 is 9.47 Å². The van der Waals surface area contributed by atoms with Crippen LogP contribution in [0.4, 0.5) is 5.82 Å². The number of hydrogen-bond acceptors (Lipinski definition) is 5. The number of aromatic nitrogens is 2. The molecule has 100 valence electrons. The number of nitrogens with one attached hydrogen (secondary N) is 1. The van der Waals surface area contributed by atoms with Gasteiger partial charge in [0.1, 0.15) is 11.6 Å².